The Hall–Kier alpha value is -3.56. The number of anilines is 1. The highest BCUT2D eigenvalue weighted by Crippen LogP contribution is 2.27. The number of benzene rings is 3. The van der Waals surface area contributed by atoms with E-state index in [9.17, 15) is 13.2 Å². The molecule has 0 radical (unpaired) electrons. The molecule has 33 heavy (non-hydrogen) atoms. The lowest BCUT2D eigenvalue weighted by molar-refractivity contribution is 0.103. The third-order valence-electron chi connectivity index (χ3n) is 5.21. The summed E-state index contributed by atoms with van der Waals surface area (Å²) in [5, 5.41) is 3.26. The Morgan fingerprint density at radius 1 is 1.06 bits per heavy atom. The molecule has 0 bridgehead atoms. The number of rotatable bonds is 9. The van der Waals surface area contributed by atoms with Gasteiger partial charge in [-0.15, -0.1) is 6.42 Å². The van der Waals surface area contributed by atoms with Crippen LogP contribution in [-0.4, -0.2) is 27.1 Å². The van der Waals surface area contributed by atoms with Gasteiger partial charge >= 0.3 is 0 Å². The minimum Gasteiger partial charge on any atom is -0.481 e. The van der Waals surface area contributed by atoms with Crippen molar-refractivity contribution in [1.29, 1.82) is 0 Å². The lowest BCUT2D eigenvalue weighted by atomic mass is 9.97. The lowest BCUT2D eigenvalue weighted by Crippen LogP contribution is -2.09. The van der Waals surface area contributed by atoms with Crippen LogP contribution in [0.2, 0.25) is 0 Å². The molecule has 0 atom stereocenters. The van der Waals surface area contributed by atoms with Crippen LogP contribution in [-0.2, 0) is 16.4 Å². The van der Waals surface area contributed by atoms with Gasteiger partial charge in [0.05, 0.1) is 4.90 Å². The van der Waals surface area contributed by atoms with E-state index >= 15 is 0 Å². The largest absolute Gasteiger partial charge is 0.481 e. The van der Waals surface area contributed by atoms with Crippen molar-refractivity contribution in [1.82, 2.24) is 0 Å². The van der Waals surface area contributed by atoms with E-state index in [1.807, 2.05) is 30.3 Å². The van der Waals surface area contributed by atoms with Gasteiger partial charge in [-0.3, -0.25) is 4.79 Å². The van der Waals surface area contributed by atoms with Gasteiger partial charge in [-0.05, 0) is 47.4 Å². The van der Waals surface area contributed by atoms with Gasteiger partial charge in [0.2, 0.25) is 0 Å². The molecule has 0 unspecified atom stereocenters. The van der Waals surface area contributed by atoms with Gasteiger partial charge in [0.1, 0.15) is 12.4 Å². The maximum absolute atomic E-state index is 13.4. The number of nitrogens with one attached hydrogen (secondary N) is 1. The first-order chi connectivity index (χ1) is 15.7. The Kier molecular flexibility index (Phi) is 7.57. The van der Waals surface area contributed by atoms with Crippen LogP contribution in [0.3, 0.4) is 0 Å². The molecule has 0 fully saturated rings. The predicted molar refractivity (Wildman–Crippen MR) is 132 cm³/mol. The molecule has 1 N–H and O–H groups in total. The molecular formula is C27H27NO4S. The Labute approximate surface area is 195 Å². The van der Waals surface area contributed by atoms with E-state index in [-0.39, 0.29) is 17.3 Å². The molecule has 0 saturated carbocycles. The van der Waals surface area contributed by atoms with Gasteiger partial charge in [0.25, 0.3) is 0 Å². The number of sulfone groups is 1. The second-order valence-electron chi connectivity index (χ2n) is 8.08. The van der Waals surface area contributed by atoms with E-state index in [0.29, 0.717) is 35.0 Å². The van der Waals surface area contributed by atoms with Crippen molar-refractivity contribution in [2.45, 2.75) is 31.2 Å². The molecule has 0 aromatic heterocycles. The van der Waals surface area contributed by atoms with Crippen LogP contribution in [0, 0.1) is 12.3 Å². The predicted octanol–water partition coefficient (Wildman–Crippen LogP) is 5.07. The van der Waals surface area contributed by atoms with Crippen LogP contribution in [0.4, 0.5) is 5.69 Å². The van der Waals surface area contributed by atoms with Gasteiger partial charge in [0.15, 0.2) is 15.6 Å². The molecule has 3 aromatic carbocycles. The van der Waals surface area contributed by atoms with Gasteiger partial charge in [-0.2, -0.15) is 0 Å². The average molecular weight is 462 g/mol. The molecule has 0 saturated heterocycles. The fraction of sp³-hybridized carbons (Fsp3) is 0.222. The molecule has 3 aromatic rings. The summed E-state index contributed by atoms with van der Waals surface area (Å²) in [5.41, 5.74) is 3.56. The number of hydrogen-bond donors (Lipinski definition) is 1. The maximum atomic E-state index is 13.4. The topological polar surface area (TPSA) is 72.5 Å². The van der Waals surface area contributed by atoms with Crippen LogP contribution in [0.15, 0.2) is 71.6 Å². The summed E-state index contributed by atoms with van der Waals surface area (Å²) >= 11 is 0. The Bertz CT molecular complexity index is 1290. The fourth-order valence-electron chi connectivity index (χ4n) is 3.34. The van der Waals surface area contributed by atoms with Crippen molar-refractivity contribution in [2.75, 3.05) is 18.2 Å². The zero-order chi connectivity index (χ0) is 24.0. The molecular weight excluding hydrogens is 434 g/mol. The van der Waals surface area contributed by atoms with Crippen LogP contribution in [0.1, 0.15) is 46.8 Å². The third-order valence-corrected chi connectivity index (χ3v) is 6.32. The van der Waals surface area contributed by atoms with Crippen LogP contribution in [0.25, 0.3) is 0 Å². The second-order valence-corrected chi connectivity index (χ2v) is 10.1. The SMILES string of the molecule is C#CCOc1ccc(NCc2cccc(S(C)(=O)=O)c2)c(C(=O)c2ccc(C(C)C)cc2)c1. The minimum atomic E-state index is -3.30. The first-order valence-corrected chi connectivity index (χ1v) is 12.5. The Morgan fingerprint density at radius 2 is 1.79 bits per heavy atom. The quantitative estimate of drug-likeness (QED) is 0.356. The van der Waals surface area contributed by atoms with Gasteiger partial charge in [0, 0.05) is 29.6 Å². The molecule has 5 nitrogen and oxygen atoms in total. The van der Waals surface area contributed by atoms with Gasteiger partial charge < -0.3 is 10.1 Å². The number of hydrogen-bond acceptors (Lipinski definition) is 5. The smallest absolute Gasteiger partial charge is 0.195 e. The zero-order valence-electron chi connectivity index (χ0n) is 19.0. The summed E-state index contributed by atoms with van der Waals surface area (Å²) < 4.78 is 29.2. The van der Waals surface area contributed by atoms with Crippen molar-refractivity contribution >= 4 is 21.3 Å². The van der Waals surface area contributed by atoms with E-state index < -0.39 is 9.84 Å². The highest BCUT2D eigenvalue weighted by molar-refractivity contribution is 7.90. The molecule has 0 amide bonds. The standard InChI is InChI=1S/C27H27NO4S/c1-5-15-32-23-13-14-26(28-18-20-7-6-8-24(16-20)33(4,30)31)25(17-23)27(29)22-11-9-21(10-12-22)19(2)3/h1,6-14,16-17,19,28H,15,18H2,2-4H3. The van der Waals surface area contributed by atoms with Crippen molar-refractivity contribution in [2.24, 2.45) is 0 Å². The first-order valence-electron chi connectivity index (χ1n) is 10.6. The number of terminal acetylenes is 1. The number of ether oxygens (including phenoxy) is 1. The second kappa shape index (κ2) is 10.4. The maximum Gasteiger partial charge on any atom is 0.195 e. The zero-order valence-corrected chi connectivity index (χ0v) is 19.8. The summed E-state index contributed by atoms with van der Waals surface area (Å²) in [5.74, 6) is 3.14. The lowest BCUT2D eigenvalue weighted by Gasteiger charge is -2.14. The Morgan fingerprint density at radius 3 is 2.42 bits per heavy atom. The summed E-state index contributed by atoms with van der Waals surface area (Å²) in [7, 11) is -3.30. The highest BCUT2D eigenvalue weighted by atomic mass is 32.2. The Balaban J connectivity index is 1.91. The third kappa shape index (κ3) is 6.24. The average Bonchev–Trinajstić information content (AvgIpc) is 2.81. The molecule has 0 aliphatic heterocycles. The van der Waals surface area contributed by atoms with Crippen LogP contribution < -0.4 is 10.1 Å². The van der Waals surface area contributed by atoms with E-state index in [2.05, 4.69) is 25.1 Å². The van der Waals surface area contributed by atoms with E-state index in [0.717, 1.165) is 11.1 Å². The van der Waals surface area contributed by atoms with Crippen molar-refractivity contribution in [3.63, 3.8) is 0 Å². The molecule has 0 aliphatic rings. The summed E-state index contributed by atoms with van der Waals surface area (Å²) in [4.78, 5) is 13.6. The van der Waals surface area contributed by atoms with Gasteiger partial charge in [-0.1, -0.05) is 56.2 Å². The fourth-order valence-corrected chi connectivity index (χ4v) is 4.03. The van der Waals surface area contributed by atoms with E-state index in [4.69, 9.17) is 11.2 Å². The van der Waals surface area contributed by atoms with Crippen LogP contribution in [0.5, 0.6) is 5.75 Å². The van der Waals surface area contributed by atoms with Crippen LogP contribution >= 0.6 is 0 Å². The van der Waals surface area contributed by atoms with Crippen molar-refractivity contribution in [3.8, 4) is 18.1 Å². The normalized spacial score (nSPS) is 11.1. The van der Waals surface area contributed by atoms with E-state index in [1.165, 1.54) is 6.26 Å². The monoisotopic (exact) mass is 461 g/mol. The summed E-state index contributed by atoms with van der Waals surface area (Å²) in [6.07, 6.45) is 6.47. The van der Waals surface area contributed by atoms with Crippen molar-refractivity contribution < 1.29 is 17.9 Å². The summed E-state index contributed by atoms with van der Waals surface area (Å²) in [6.45, 7) is 4.65. The van der Waals surface area contributed by atoms with Crippen molar-refractivity contribution in [3.05, 3.63) is 89.0 Å². The number of carbonyl (C=O) groups is 1. The summed E-state index contributed by atoms with van der Waals surface area (Å²) in [6, 6.07) is 19.5. The first kappa shape index (κ1) is 24.1. The molecule has 170 valence electrons. The molecule has 6 heteroatoms. The van der Waals surface area contributed by atoms with E-state index in [1.54, 1.807) is 36.4 Å². The molecule has 0 aliphatic carbocycles. The van der Waals surface area contributed by atoms with Gasteiger partial charge in [-0.25, -0.2) is 8.42 Å². The molecule has 3 rings (SSSR count). The molecule has 0 heterocycles. The number of ketones is 1. The molecule has 0 spiro atoms. The highest BCUT2D eigenvalue weighted by Gasteiger charge is 2.16. The minimum absolute atomic E-state index is 0.0990. The number of carbonyl (C=O) groups excluding carboxylic acids is 1.